The van der Waals surface area contributed by atoms with Gasteiger partial charge in [-0.15, -0.1) is 0 Å². The first-order valence-electron chi connectivity index (χ1n) is 6.47. The minimum atomic E-state index is -0.450. The monoisotopic (exact) mass is 306 g/mol. The number of rotatable bonds is 4. The molecule has 0 bridgehead atoms. The topological polar surface area (TPSA) is 32.3 Å². The summed E-state index contributed by atoms with van der Waals surface area (Å²) in [6, 6.07) is 11.9. The summed E-state index contributed by atoms with van der Waals surface area (Å²) in [5.74, 6) is -0.533. The highest BCUT2D eigenvalue weighted by Crippen LogP contribution is 2.19. The Morgan fingerprint density at radius 2 is 1.95 bits per heavy atom. The fourth-order valence-electron chi connectivity index (χ4n) is 1.91. The third-order valence-corrected chi connectivity index (χ3v) is 3.34. The van der Waals surface area contributed by atoms with Crippen LogP contribution in [0.3, 0.4) is 0 Å². The third-order valence-electron chi connectivity index (χ3n) is 3.03. The van der Waals surface area contributed by atoms with E-state index in [1.54, 1.807) is 26.2 Å². The van der Waals surface area contributed by atoms with E-state index < -0.39 is 5.82 Å². The molecule has 0 spiro atoms. The van der Waals surface area contributed by atoms with E-state index in [0.717, 1.165) is 5.56 Å². The van der Waals surface area contributed by atoms with Gasteiger partial charge in [0.15, 0.2) is 0 Å². The molecular weight excluding hydrogens is 291 g/mol. The van der Waals surface area contributed by atoms with Crippen LogP contribution in [-0.4, -0.2) is 24.9 Å². The molecule has 1 amide bonds. The van der Waals surface area contributed by atoms with Crippen molar-refractivity contribution < 1.29 is 9.18 Å². The van der Waals surface area contributed by atoms with E-state index in [9.17, 15) is 9.18 Å². The largest absolute Gasteiger partial charge is 0.380 e. The summed E-state index contributed by atoms with van der Waals surface area (Å²) in [6.07, 6.45) is 0. The van der Waals surface area contributed by atoms with E-state index in [-0.39, 0.29) is 10.9 Å². The van der Waals surface area contributed by atoms with Gasteiger partial charge >= 0.3 is 0 Å². The van der Waals surface area contributed by atoms with Crippen LogP contribution in [0.15, 0.2) is 42.5 Å². The lowest BCUT2D eigenvalue weighted by molar-refractivity contribution is 0.0828. The van der Waals surface area contributed by atoms with Crippen LogP contribution >= 0.6 is 11.6 Å². The molecule has 0 fully saturated rings. The highest BCUT2D eigenvalue weighted by molar-refractivity contribution is 6.30. The fraction of sp³-hybridized carbons (Fsp3) is 0.188. The molecule has 1 N–H and O–H groups in total. The molecule has 0 aliphatic carbocycles. The Morgan fingerprint density at radius 3 is 2.62 bits per heavy atom. The van der Waals surface area contributed by atoms with Gasteiger partial charge in [0.1, 0.15) is 5.82 Å². The van der Waals surface area contributed by atoms with E-state index in [4.69, 9.17) is 11.6 Å². The molecule has 0 aliphatic heterocycles. The van der Waals surface area contributed by atoms with Gasteiger partial charge in [-0.05, 0) is 29.8 Å². The van der Waals surface area contributed by atoms with Crippen LogP contribution in [0.4, 0.5) is 10.1 Å². The highest BCUT2D eigenvalue weighted by Gasteiger charge is 2.12. The van der Waals surface area contributed by atoms with E-state index >= 15 is 0 Å². The van der Waals surface area contributed by atoms with Crippen LogP contribution in [0.25, 0.3) is 0 Å². The third kappa shape index (κ3) is 3.73. The number of benzene rings is 2. The molecule has 0 heterocycles. The summed E-state index contributed by atoms with van der Waals surface area (Å²) in [5.41, 5.74) is 2.05. The zero-order valence-electron chi connectivity index (χ0n) is 11.9. The maximum Gasteiger partial charge on any atom is 0.255 e. The molecule has 0 unspecified atom stereocenters. The summed E-state index contributed by atoms with van der Waals surface area (Å²) in [6.45, 7) is 0.409. The van der Waals surface area contributed by atoms with Gasteiger partial charge in [-0.2, -0.15) is 0 Å². The molecule has 2 aromatic rings. The zero-order valence-corrected chi connectivity index (χ0v) is 12.6. The number of anilines is 1. The zero-order chi connectivity index (χ0) is 15.4. The van der Waals surface area contributed by atoms with Crippen molar-refractivity contribution in [1.29, 1.82) is 0 Å². The van der Waals surface area contributed by atoms with Gasteiger partial charge in [0, 0.05) is 26.3 Å². The first kappa shape index (κ1) is 15.3. The number of nitrogens with zero attached hydrogens (tertiary/aromatic N) is 1. The summed E-state index contributed by atoms with van der Waals surface area (Å²) < 4.78 is 13.4. The Balaban J connectivity index is 2.16. The second-order valence-corrected chi connectivity index (χ2v) is 5.25. The average molecular weight is 307 g/mol. The van der Waals surface area contributed by atoms with Gasteiger partial charge in [-0.25, -0.2) is 4.39 Å². The highest BCUT2D eigenvalue weighted by atomic mass is 35.5. The number of nitrogens with one attached hydrogen (secondary N) is 1. The van der Waals surface area contributed by atoms with Crippen molar-refractivity contribution in [3.63, 3.8) is 0 Å². The normalized spacial score (nSPS) is 10.3. The molecule has 21 heavy (non-hydrogen) atoms. The fourth-order valence-corrected chi connectivity index (χ4v) is 2.03. The first-order valence-corrected chi connectivity index (χ1v) is 6.85. The van der Waals surface area contributed by atoms with Gasteiger partial charge < -0.3 is 10.2 Å². The number of hydrogen-bond acceptors (Lipinski definition) is 2. The lowest BCUT2D eigenvalue weighted by Crippen LogP contribution is -2.22. The van der Waals surface area contributed by atoms with E-state index in [1.807, 2.05) is 18.2 Å². The molecule has 2 rings (SSSR count). The molecule has 110 valence electrons. The molecule has 5 heteroatoms. The smallest absolute Gasteiger partial charge is 0.255 e. The van der Waals surface area contributed by atoms with Gasteiger partial charge in [0.2, 0.25) is 0 Å². The summed E-state index contributed by atoms with van der Waals surface area (Å²) >= 11 is 5.65. The van der Waals surface area contributed by atoms with Gasteiger partial charge in [0.25, 0.3) is 5.91 Å². The number of amides is 1. The standard InChI is InChI=1S/C16H16ClFN2O/c1-20(2)16(21)12-5-3-4-6-15(12)19-10-11-7-8-13(17)14(18)9-11/h3-9,19H,10H2,1-2H3. The minimum absolute atomic E-state index is 0.0830. The second kappa shape index (κ2) is 6.59. The van der Waals surface area contributed by atoms with Crippen LogP contribution in [0.1, 0.15) is 15.9 Å². The van der Waals surface area contributed by atoms with Crippen molar-refractivity contribution in [2.24, 2.45) is 0 Å². The number of carbonyl (C=O) groups excluding carboxylic acids is 1. The molecule has 0 saturated heterocycles. The second-order valence-electron chi connectivity index (χ2n) is 4.85. The van der Waals surface area contributed by atoms with Crippen molar-refractivity contribution >= 4 is 23.2 Å². The Labute approximate surface area is 128 Å². The van der Waals surface area contributed by atoms with Crippen molar-refractivity contribution in [1.82, 2.24) is 4.90 Å². The van der Waals surface area contributed by atoms with Crippen molar-refractivity contribution in [2.45, 2.75) is 6.54 Å². The van der Waals surface area contributed by atoms with Crippen LogP contribution in [0, 0.1) is 5.82 Å². The molecular formula is C16H16ClFN2O. The first-order chi connectivity index (χ1) is 9.99. The molecule has 0 atom stereocenters. The number of para-hydroxylation sites is 1. The molecule has 2 aromatic carbocycles. The molecule has 0 saturated carbocycles. The predicted octanol–water partition coefficient (Wildman–Crippen LogP) is 3.79. The van der Waals surface area contributed by atoms with Crippen molar-refractivity contribution in [3.05, 3.63) is 64.4 Å². The lowest BCUT2D eigenvalue weighted by atomic mass is 10.1. The summed E-state index contributed by atoms with van der Waals surface area (Å²) in [4.78, 5) is 13.6. The Bertz CT molecular complexity index is 658. The van der Waals surface area contributed by atoms with Crippen LogP contribution in [0.2, 0.25) is 5.02 Å². The summed E-state index contributed by atoms with van der Waals surface area (Å²) in [5, 5.41) is 3.25. The van der Waals surface area contributed by atoms with Gasteiger partial charge in [-0.1, -0.05) is 29.8 Å². The SMILES string of the molecule is CN(C)C(=O)c1ccccc1NCc1ccc(Cl)c(F)c1. The number of halogens is 2. The maximum absolute atomic E-state index is 13.4. The number of carbonyl (C=O) groups is 1. The van der Waals surface area contributed by atoms with E-state index in [1.165, 1.54) is 17.0 Å². The van der Waals surface area contributed by atoms with E-state index in [0.29, 0.717) is 17.8 Å². The van der Waals surface area contributed by atoms with Crippen LogP contribution in [-0.2, 0) is 6.54 Å². The number of hydrogen-bond donors (Lipinski definition) is 1. The van der Waals surface area contributed by atoms with Gasteiger partial charge in [-0.3, -0.25) is 4.79 Å². The van der Waals surface area contributed by atoms with Crippen LogP contribution in [0.5, 0.6) is 0 Å². The summed E-state index contributed by atoms with van der Waals surface area (Å²) in [7, 11) is 3.40. The molecule has 3 nitrogen and oxygen atoms in total. The molecule has 0 aliphatic rings. The average Bonchev–Trinajstić information content (AvgIpc) is 2.48. The Kier molecular flexibility index (Phi) is 4.81. The quantitative estimate of drug-likeness (QED) is 0.932. The molecule has 0 aromatic heterocycles. The Morgan fingerprint density at radius 1 is 1.24 bits per heavy atom. The molecule has 0 radical (unpaired) electrons. The van der Waals surface area contributed by atoms with E-state index in [2.05, 4.69) is 5.32 Å². The van der Waals surface area contributed by atoms with Gasteiger partial charge in [0.05, 0.1) is 10.6 Å². The lowest BCUT2D eigenvalue weighted by Gasteiger charge is -2.15. The van der Waals surface area contributed by atoms with Crippen LogP contribution < -0.4 is 5.32 Å². The Hall–Kier alpha value is -2.07. The minimum Gasteiger partial charge on any atom is -0.380 e. The van der Waals surface area contributed by atoms with Crippen molar-refractivity contribution in [3.8, 4) is 0 Å². The maximum atomic E-state index is 13.4. The van der Waals surface area contributed by atoms with Crippen molar-refractivity contribution in [2.75, 3.05) is 19.4 Å². The predicted molar refractivity (Wildman–Crippen MR) is 83.2 cm³/mol.